The van der Waals surface area contributed by atoms with Crippen LogP contribution in [0, 0.1) is 0 Å². The number of rotatable bonds is 3. The molecule has 21 heavy (non-hydrogen) atoms. The van der Waals surface area contributed by atoms with E-state index in [2.05, 4.69) is 31.8 Å². The van der Waals surface area contributed by atoms with Gasteiger partial charge in [-0.1, -0.05) is 37.4 Å². The van der Waals surface area contributed by atoms with Gasteiger partial charge in [0.2, 0.25) is 0 Å². The minimum atomic E-state index is -1.09. The summed E-state index contributed by atoms with van der Waals surface area (Å²) in [5.74, 6) is 0.881. The van der Waals surface area contributed by atoms with Crippen LogP contribution in [0.4, 0.5) is 0 Å². The quantitative estimate of drug-likeness (QED) is 0.647. The molecule has 0 spiro atoms. The third kappa shape index (κ3) is 4.72. The van der Waals surface area contributed by atoms with Gasteiger partial charge in [0, 0.05) is 8.07 Å². The van der Waals surface area contributed by atoms with E-state index in [1.54, 1.807) is 12.7 Å². The number of aryl methyl sites for hydroxylation is 1. The summed E-state index contributed by atoms with van der Waals surface area (Å²) >= 11 is 0. The monoisotopic (exact) mass is 304 g/mol. The van der Waals surface area contributed by atoms with Crippen molar-refractivity contribution in [2.24, 2.45) is 0 Å². The molecular weight excluding hydrogens is 276 g/mol. The van der Waals surface area contributed by atoms with E-state index in [0.29, 0.717) is 0 Å². The van der Waals surface area contributed by atoms with Crippen molar-refractivity contribution in [3.05, 3.63) is 41.0 Å². The Morgan fingerprint density at radius 3 is 2.67 bits per heavy atom. The summed E-state index contributed by atoms with van der Waals surface area (Å²) in [6.45, 7) is 7.24. The van der Waals surface area contributed by atoms with Gasteiger partial charge in [0.25, 0.3) is 0 Å². The Bertz CT molecular complexity index is 514. The van der Waals surface area contributed by atoms with Crippen LogP contribution in [0.3, 0.4) is 0 Å². The predicted octanol–water partition coefficient (Wildman–Crippen LogP) is 4.72. The second kappa shape index (κ2) is 6.80. The van der Waals surface area contributed by atoms with Crippen LogP contribution in [0.1, 0.15) is 36.5 Å². The average Bonchev–Trinajstić information content (AvgIpc) is 2.48. The third-order valence-electron chi connectivity index (χ3n) is 4.05. The lowest BCUT2D eigenvalue weighted by atomic mass is 9.97. The van der Waals surface area contributed by atoms with E-state index in [-0.39, 0.29) is 6.10 Å². The molecule has 0 aromatic heterocycles. The number of benzene rings is 1. The molecule has 0 aliphatic heterocycles. The smallest absolute Gasteiger partial charge is 0.119 e. The first kappa shape index (κ1) is 16.3. The van der Waals surface area contributed by atoms with Crippen LogP contribution in [0.5, 0.6) is 5.75 Å². The molecule has 1 aromatic carbocycles. The molecule has 2 rings (SSSR count). The summed E-state index contributed by atoms with van der Waals surface area (Å²) < 4.78 is 5.31. The standard InChI is InChI=1S/C18H28O2Si/c1-20-16-9-10-17-15(12-16)7-5-6-14(8-11-18(17)19)13-21(2,3)4/h6,9-10,12,18-19H,5,7-8,11,13H2,1-4H3/b14-6+. The molecule has 1 atom stereocenters. The van der Waals surface area contributed by atoms with Crippen LogP contribution in [-0.2, 0) is 6.42 Å². The Balaban J connectivity index is 2.20. The zero-order valence-corrected chi connectivity index (χ0v) is 14.8. The lowest BCUT2D eigenvalue weighted by molar-refractivity contribution is 0.167. The van der Waals surface area contributed by atoms with Crippen molar-refractivity contribution >= 4 is 8.07 Å². The summed E-state index contributed by atoms with van der Waals surface area (Å²) in [6.07, 6.45) is 5.96. The van der Waals surface area contributed by atoms with Crippen molar-refractivity contribution in [3.8, 4) is 5.75 Å². The summed E-state index contributed by atoms with van der Waals surface area (Å²) in [5.41, 5.74) is 3.86. The number of allylic oxidation sites excluding steroid dienone is 2. The van der Waals surface area contributed by atoms with Crippen LogP contribution in [0.15, 0.2) is 29.8 Å². The van der Waals surface area contributed by atoms with Gasteiger partial charge in [-0.05, 0) is 55.0 Å². The first-order valence-electron chi connectivity index (χ1n) is 7.92. The van der Waals surface area contributed by atoms with E-state index >= 15 is 0 Å². The maximum Gasteiger partial charge on any atom is 0.119 e. The Hall–Kier alpha value is -1.06. The number of methoxy groups -OCH3 is 1. The molecule has 2 nitrogen and oxygen atoms in total. The van der Waals surface area contributed by atoms with E-state index in [0.717, 1.165) is 37.0 Å². The molecule has 1 unspecified atom stereocenters. The summed E-state index contributed by atoms with van der Waals surface area (Å²) in [6, 6.07) is 7.31. The molecule has 0 saturated heterocycles. The number of aliphatic hydroxyl groups excluding tert-OH is 1. The molecule has 116 valence electrons. The molecule has 0 heterocycles. The molecule has 0 bridgehead atoms. The van der Waals surface area contributed by atoms with Crippen molar-refractivity contribution in [2.75, 3.05) is 7.11 Å². The molecule has 0 fully saturated rings. The maximum atomic E-state index is 10.5. The van der Waals surface area contributed by atoms with E-state index in [1.807, 2.05) is 12.1 Å². The first-order chi connectivity index (χ1) is 9.89. The van der Waals surface area contributed by atoms with Gasteiger partial charge < -0.3 is 9.84 Å². The molecule has 3 heteroatoms. The highest BCUT2D eigenvalue weighted by Gasteiger charge is 2.19. The number of hydrogen-bond donors (Lipinski definition) is 1. The van der Waals surface area contributed by atoms with Crippen LogP contribution in [0.2, 0.25) is 25.7 Å². The Morgan fingerprint density at radius 1 is 1.24 bits per heavy atom. The predicted molar refractivity (Wildman–Crippen MR) is 91.7 cm³/mol. The lowest BCUT2D eigenvalue weighted by Gasteiger charge is -2.19. The number of fused-ring (bicyclic) bond motifs is 1. The Kier molecular flexibility index (Phi) is 5.28. The molecule has 0 amide bonds. The molecule has 1 N–H and O–H groups in total. The molecule has 1 aliphatic rings. The first-order valence-corrected chi connectivity index (χ1v) is 11.6. The van der Waals surface area contributed by atoms with Crippen molar-refractivity contribution < 1.29 is 9.84 Å². The van der Waals surface area contributed by atoms with Gasteiger partial charge in [-0.25, -0.2) is 0 Å². The molecular formula is C18H28O2Si. The van der Waals surface area contributed by atoms with Gasteiger partial charge in [-0.2, -0.15) is 0 Å². The van der Waals surface area contributed by atoms with Gasteiger partial charge in [0.05, 0.1) is 13.2 Å². The van der Waals surface area contributed by atoms with Crippen molar-refractivity contribution in [1.82, 2.24) is 0 Å². The molecule has 1 aromatic rings. The topological polar surface area (TPSA) is 29.5 Å². The zero-order chi connectivity index (χ0) is 15.5. The van der Waals surface area contributed by atoms with E-state index in [1.165, 1.54) is 11.6 Å². The van der Waals surface area contributed by atoms with Gasteiger partial charge in [-0.3, -0.25) is 0 Å². The fraction of sp³-hybridized carbons (Fsp3) is 0.556. The Labute approximate surface area is 129 Å². The van der Waals surface area contributed by atoms with Crippen molar-refractivity contribution in [2.45, 2.75) is 57.5 Å². The van der Waals surface area contributed by atoms with Crippen LogP contribution in [-0.4, -0.2) is 20.3 Å². The number of aliphatic hydroxyl groups is 1. The van der Waals surface area contributed by atoms with Gasteiger partial charge in [0.15, 0.2) is 0 Å². The van der Waals surface area contributed by atoms with Crippen LogP contribution < -0.4 is 4.74 Å². The third-order valence-corrected chi connectivity index (χ3v) is 5.57. The van der Waals surface area contributed by atoms with E-state index in [9.17, 15) is 5.11 Å². The fourth-order valence-electron chi connectivity index (χ4n) is 3.10. The normalized spacial score (nSPS) is 22.3. The van der Waals surface area contributed by atoms with Crippen LogP contribution in [0.25, 0.3) is 0 Å². The highest BCUT2D eigenvalue weighted by molar-refractivity contribution is 6.76. The molecule has 0 saturated carbocycles. The largest absolute Gasteiger partial charge is 0.497 e. The summed E-state index contributed by atoms with van der Waals surface area (Å²) in [4.78, 5) is 0. The van der Waals surface area contributed by atoms with Gasteiger partial charge in [-0.15, -0.1) is 0 Å². The number of hydrogen-bond acceptors (Lipinski definition) is 2. The molecule has 1 aliphatic carbocycles. The highest BCUT2D eigenvalue weighted by Crippen LogP contribution is 2.32. The molecule has 0 radical (unpaired) electrons. The summed E-state index contributed by atoms with van der Waals surface area (Å²) in [5, 5.41) is 10.5. The van der Waals surface area contributed by atoms with Gasteiger partial charge >= 0.3 is 0 Å². The minimum Gasteiger partial charge on any atom is -0.497 e. The van der Waals surface area contributed by atoms with Crippen molar-refractivity contribution in [1.29, 1.82) is 0 Å². The van der Waals surface area contributed by atoms with Gasteiger partial charge in [0.1, 0.15) is 5.75 Å². The Morgan fingerprint density at radius 2 is 2.00 bits per heavy atom. The van der Waals surface area contributed by atoms with E-state index < -0.39 is 8.07 Å². The highest BCUT2D eigenvalue weighted by atomic mass is 28.3. The maximum absolute atomic E-state index is 10.5. The lowest BCUT2D eigenvalue weighted by Crippen LogP contribution is -2.20. The fourth-order valence-corrected chi connectivity index (χ4v) is 4.79. The van der Waals surface area contributed by atoms with E-state index in [4.69, 9.17) is 4.74 Å². The minimum absolute atomic E-state index is 0.353. The van der Waals surface area contributed by atoms with Crippen molar-refractivity contribution in [3.63, 3.8) is 0 Å². The SMILES string of the molecule is COc1ccc2c(c1)CC/C=C(/C[Si](C)(C)C)CCC2O. The number of ether oxygens (including phenoxy) is 1. The zero-order valence-electron chi connectivity index (χ0n) is 13.8. The average molecular weight is 305 g/mol. The second-order valence-electron chi connectivity index (χ2n) is 7.26. The van der Waals surface area contributed by atoms with Crippen LogP contribution >= 0.6 is 0 Å². The second-order valence-corrected chi connectivity index (χ2v) is 12.7. The summed E-state index contributed by atoms with van der Waals surface area (Å²) in [7, 11) is 0.607.